The molecule has 0 aliphatic carbocycles. The molecule has 0 spiro atoms. The number of quaternary nitrogens is 1. The van der Waals surface area contributed by atoms with Crippen molar-refractivity contribution in [2.75, 3.05) is 0 Å². The van der Waals surface area contributed by atoms with E-state index in [-0.39, 0.29) is 11.2 Å². The van der Waals surface area contributed by atoms with Crippen LogP contribution in [-0.4, -0.2) is 6.04 Å². The standard InChI is InChI=1S/C3H9IN2O/c1-3(2)6(7)5-4/h3,5-6H,1-2H3. The maximum atomic E-state index is 10.4. The topological polar surface area (TPSA) is 39.5 Å². The number of nitrogens with one attached hydrogen (secondary N) is 2. The van der Waals surface area contributed by atoms with Gasteiger partial charge in [0.1, 0.15) is 0 Å². The van der Waals surface area contributed by atoms with Crippen molar-refractivity contribution in [3.05, 3.63) is 5.21 Å². The van der Waals surface area contributed by atoms with E-state index in [1.807, 2.05) is 36.7 Å². The van der Waals surface area contributed by atoms with E-state index in [0.29, 0.717) is 0 Å². The van der Waals surface area contributed by atoms with Gasteiger partial charge >= 0.3 is 0 Å². The molecule has 0 aromatic rings. The molecule has 0 aliphatic heterocycles. The molecule has 0 saturated heterocycles. The van der Waals surface area contributed by atoms with Gasteiger partial charge < -0.3 is 5.21 Å². The lowest BCUT2D eigenvalue weighted by Crippen LogP contribution is -3.15. The molecule has 1 atom stereocenters. The highest BCUT2D eigenvalue weighted by atomic mass is 127. The summed E-state index contributed by atoms with van der Waals surface area (Å²) in [6.45, 7) is 3.71. The summed E-state index contributed by atoms with van der Waals surface area (Å²) in [6.07, 6.45) is 0. The van der Waals surface area contributed by atoms with Crippen LogP contribution in [0.2, 0.25) is 0 Å². The quantitative estimate of drug-likeness (QED) is 0.375. The molecule has 0 aromatic carbocycles. The normalized spacial score (nSPS) is 15.0. The molecule has 4 heteroatoms. The molecule has 0 amide bonds. The van der Waals surface area contributed by atoms with Gasteiger partial charge in [-0.2, -0.15) is 0 Å². The number of hydrogen-bond acceptors (Lipinski definition) is 2. The Kier molecular flexibility index (Phi) is 3.91. The fraction of sp³-hybridized carbons (Fsp3) is 1.00. The minimum Gasteiger partial charge on any atom is -0.612 e. The van der Waals surface area contributed by atoms with Crippen LogP contribution < -0.4 is 8.81 Å². The number of hydrogen-bond donors (Lipinski definition) is 2. The lowest BCUT2D eigenvalue weighted by Gasteiger charge is -2.21. The van der Waals surface area contributed by atoms with Crippen LogP contribution in [0.25, 0.3) is 0 Å². The predicted octanol–water partition coefficient (Wildman–Crippen LogP) is -0.368. The summed E-state index contributed by atoms with van der Waals surface area (Å²) in [5.74, 6) is 0. The van der Waals surface area contributed by atoms with E-state index in [9.17, 15) is 5.21 Å². The van der Waals surface area contributed by atoms with Gasteiger partial charge in [0.25, 0.3) is 0 Å². The van der Waals surface area contributed by atoms with E-state index in [4.69, 9.17) is 0 Å². The zero-order chi connectivity index (χ0) is 5.86. The average molecular weight is 216 g/mol. The van der Waals surface area contributed by atoms with Crippen LogP contribution in [0.15, 0.2) is 0 Å². The van der Waals surface area contributed by atoms with Crippen LogP contribution >= 0.6 is 22.9 Å². The molecule has 2 N–H and O–H groups in total. The van der Waals surface area contributed by atoms with Gasteiger partial charge in [-0.05, 0) is 13.8 Å². The van der Waals surface area contributed by atoms with E-state index in [0.717, 1.165) is 0 Å². The number of hydroxylamine groups is 1. The maximum Gasteiger partial charge on any atom is 0.0996 e. The lowest BCUT2D eigenvalue weighted by molar-refractivity contribution is -0.896. The smallest absolute Gasteiger partial charge is 0.0996 e. The molecule has 0 saturated carbocycles. The van der Waals surface area contributed by atoms with Crippen molar-refractivity contribution in [2.45, 2.75) is 19.9 Å². The van der Waals surface area contributed by atoms with Crippen molar-refractivity contribution in [3.63, 3.8) is 0 Å². The zero-order valence-electron chi connectivity index (χ0n) is 4.36. The molecule has 0 aromatic heterocycles. The highest BCUT2D eigenvalue weighted by Gasteiger charge is 1.96. The summed E-state index contributed by atoms with van der Waals surface area (Å²) >= 11 is 1.83. The fourth-order valence-corrected chi connectivity index (χ4v) is 0.732. The second-order valence-corrected chi connectivity index (χ2v) is 2.15. The van der Waals surface area contributed by atoms with Crippen LogP contribution in [0.1, 0.15) is 13.8 Å². The highest BCUT2D eigenvalue weighted by Crippen LogP contribution is 1.64. The molecule has 0 bridgehead atoms. The third-order valence-electron chi connectivity index (χ3n) is 0.618. The summed E-state index contributed by atoms with van der Waals surface area (Å²) in [7, 11) is 0. The maximum absolute atomic E-state index is 10.4. The van der Waals surface area contributed by atoms with Crippen LogP contribution in [0, 0.1) is 5.21 Å². The summed E-state index contributed by atoms with van der Waals surface area (Å²) < 4.78 is 2.50. The summed E-state index contributed by atoms with van der Waals surface area (Å²) in [5.41, 5.74) is 0. The molecule has 0 radical (unpaired) electrons. The first-order chi connectivity index (χ1) is 3.18. The first-order valence-corrected chi connectivity index (χ1v) is 3.17. The molecule has 1 unspecified atom stereocenters. The van der Waals surface area contributed by atoms with Gasteiger partial charge in [-0.1, -0.05) is 0 Å². The van der Waals surface area contributed by atoms with Crippen molar-refractivity contribution >= 4 is 22.9 Å². The highest BCUT2D eigenvalue weighted by molar-refractivity contribution is 14.1. The molecule has 0 rings (SSSR count). The summed E-state index contributed by atoms with van der Waals surface area (Å²) in [4.78, 5) is 0. The molecule has 3 nitrogen and oxygen atoms in total. The summed E-state index contributed by atoms with van der Waals surface area (Å²) in [6, 6.07) is 0.108. The SMILES string of the molecule is CC(C)[NH+]([O-])NI. The monoisotopic (exact) mass is 216 g/mol. The fourth-order valence-electron chi connectivity index (χ4n) is 0.109. The van der Waals surface area contributed by atoms with Gasteiger partial charge in [0.15, 0.2) is 0 Å². The van der Waals surface area contributed by atoms with E-state index in [2.05, 4.69) is 3.64 Å². The zero-order valence-corrected chi connectivity index (χ0v) is 6.52. The Morgan fingerprint density at radius 1 is 1.71 bits per heavy atom. The third-order valence-corrected chi connectivity index (χ3v) is 1.15. The minimum atomic E-state index is 0.0839. The van der Waals surface area contributed by atoms with E-state index >= 15 is 0 Å². The van der Waals surface area contributed by atoms with Gasteiger partial charge in [0, 0.05) is 0 Å². The molecule has 0 fully saturated rings. The van der Waals surface area contributed by atoms with Crippen molar-refractivity contribution < 1.29 is 5.17 Å². The van der Waals surface area contributed by atoms with E-state index in [1.54, 1.807) is 0 Å². The summed E-state index contributed by atoms with van der Waals surface area (Å²) in [5, 5.41) is 10.5. The van der Waals surface area contributed by atoms with Crippen LogP contribution in [0.5, 0.6) is 0 Å². The Bertz CT molecular complexity index is 50.2. The number of rotatable bonds is 2. The van der Waals surface area contributed by atoms with Gasteiger partial charge in [-0.25, -0.2) is 0 Å². The van der Waals surface area contributed by atoms with Crippen molar-refractivity contribution in [1.82, 2.24) is 3.64 Å². The number of halogens is 1. The Hall–Kier alpha value is 0.610. The van der Waals surface area contributed by atoms with Gasteiger partial charge in [-0.3, -0.25) is 5.17 Å². The second kappa shape index (κ2) is 3.59. The van der Waals surface area contributed by atoms with Crippen LogP contribution in [-0.2, 0) is 0 Å². The molecule has 0 heterocycles. The van der Waals surface area contributed by atoms with Gasteiger partial charge in [0.05, 0.1) is 28.9 Å². The first-order valence-electron chi connectivity index (χ1n) is 2.09. The average Bonchev–Trinajstić information content (AvgIpc) is 1.65. The van der Waals surface area contributed by atoms with Crippen LogP contribution in [0.3, 0.4) is 0 Å². The second-order valence-electron chi connectivity index (χ2n) is 1.61. The van der Waals surface area contributed by atoms with Crippen molar-refractivity contribution in [2.24, 2.45) is 0 Å². The van der Waals surface area contributed by atoms with Gasteiger partial charge in [0.2, 0.25) is 0 Å². The Morgan fingerprint density at radius 2 is 2.14 bits per heavy atom. The Labute approximate surface area is 57.1 Å². The molecule has 7 heavy (non-hydrogen) atoms. The van der Waals surface area contributed by atoms with E-state index in [1.165, 1.54) is 0 Å². The predicted molar refractivity (Wildman–Crippen MR) is 36.6 cm³/mol. The molecular weight excluding hydrogens is 207 g/mol. The van der Waals surface area contributed by atoms with Gasteiger partial charge in [-0.15, -0.1) is 3.64 Å². The largest absolute Gasteiger partial charge is 0.612 e. The van der Waals surface area contributed by atoms with Crippen LogP contribution in [0.4, 0.5) is 0 Å². The van der Waals surface area contributed by atoms with Crippen molar-refractivity contribution in [1.29, 1.82) is 0 Å². The third kappa shape index (κ3) is 3.22. The molecule has 44 valence electrons. The Morgan fingerprint density at radius 3 is 2.14 bits per heavy atom. The minimum absolute atomic E-state index is 0.0839. The van der Waals surface area contributed by atoms with Crippen molar-refractivity contribution in [3.8, 4) is 0 Å². The molecule has 0 aliphatic rings. The Balaban J connectivity index is 3.14. The molecular formula is C3H9IN2O. The van der Waals surface area contributed by atoms with E-state index < -0.39 is 0 Å². The first kappa shape index (κ1) is 7.61. The lowest BCUT2D eigenvalue weighted by atomic mass is 10.4.